The van der Waals surface area contributed by atoms with E-state index >= 15 is 0 Å². The number of unbranched alkanes of at least 4 members (excludes halogenated alkanes) is 18. The molecule has 6 nitrogen and oxygen atoms in total. The van der Waals surface area contributed by atoms with Gasteiger partial charge in [0.1, 0.15) is 13.2 Å². The summed E-state index contributed by atoms with van der Waals surface area (Å²) in [4.78, 5) is 37.9. The molecule has 0 saturated heterocycles. The summed E-state index contributed by atoms with van der Waals surface area (Å²) < 4.78 is 16.7. The van der Waals surface area contributed by atoms with E-state index in [2.05, 4.69) is 118 Å². The van der Waals surface area contributed by atoms with Crippen molar-refractivity contribution in [3.63, 3.8) is 0 Å². The van der Waals surface area contributed by atoms with Gasteiger partial charge in [0.2, 0.25) is 0 Å². The highest BCUT2D eigenvalue weighted by molar-refractivity contribution is 5.71. The molecule has 0 amide bonds. The molecule has 1 atom stereocenters. The van der Waals surface area contributed by atoms with Gasteiger partial charge in [-0.3, -0.25) is 14.4 Å². The van der Waals surface area contributed by atoms with Gasteiger partial charge in [-0.1, -0.05) is 189 Å². The van der Waals surface area contributed by atoms with Crippen LogP contribution in [-0.4, -0.2) is 37.2 Å². The normalized spacial score (nSPS) is 12.9. The van der Waals surface area contributed by atoms with Gasteiger partial charge >= 0.3 is 17.9 Å². The van der Waals surface area contributed by atoms with Crippen LogP contribution >= 0.6 is 0 Å². The summed E-state index contributed by atoms with van der Waals surface area (Å²) in [7, 11) is 0. The Kier molecular flexibility index (Phi) is 48.0. The van der Waals surface area contributed by atoms with Gasteiger partial charge in [0, 0.05) is 19.3 Å². The van der Waals surface area contributed by atoms with Crippen molar-refractivity contribution in [2.45, 2.75) is 232 Å². The molecule has 0 aromatic heterocycles. The van der Waals surface area contributed by atoms with Crippen LogP contribution < -0.4 is 0 Å². The summed E-state index contributed by atoms with van der Waals surface area (Å²) in [5, 5.41) is 0. The van der Waals surface area contributed by atoms with Crippen LogP contribution in [-0.2, 0) is 28.6 Å². The Balaban J connectivity index is 4.42. The molecule has 0 rings (SSSR count). The maximum Gasteiger partial charge on any atom is 0.306 e. The van der Waals surface area contributed by atoms with Crippen molar-refractivity contribution in [1.29, 1.82) is 0 Å². The number of hydrogen-bond donors (Lipinski definition) is 0. The lowest BCUT2D eigenvalue weighted by molar-refractivity contribution is -0.167. The first-order chi connectivity index (χ1) is 31.0. The molecule has 0 N–H and O–H groups in total. The first-order valence-electron chi connectivity index (χ1n) is 25.7. The van der Waals surface area contributed by atoms with Crippen molar-refractivity contribution in [3.05, 3.63) is 97.2 Å². The summed E-state index contributed by atoms with van der Waals surface area (Å²) in [5.74, 6) is -0.982. The van der Waals surface area contributed by atoms with E-state index in [-0.39, 0.29) is 31.1 Å². The zero-order chi connectivity index (χ0) is 45.8. The number of esters is 3. The van der Waals surface area contributed by atoms with Gasteiger partial charge in [0.25, 0.3) is 0 Å². The molecule has 0 aliphatic rings. The fourth-order valence-electron chi connectivity index (χ4n) is 6.73. The average Bonchev–Trinajstić information content (AvgIpc) is 3.28. The van der Waals surface area contributed by atoms with Crippen molar-refractivity contribution >= 4 is 17.9 Å². The third-order valence-electron chi connectivity index (χ3n) is 10.6. The molecular formula is C57H94O6. The van der Waals surface area contributed by atoms with Crippen LogP contribution in [0.2, 0.25) is 0 Å². The van der Waals surface area contributed by atoms with E-state index in [9.17, 15) is 14.4 Å². The van der Waals surface area contributed by atoms with Crippen LogP contribution in [0.5, 0.6) is 0 Å². The first kappa shape index (κ1) is 59.3. The molecule has 358 valence electrons. The third-order valence-corrected chi connectivity index (χ3v) is 10.6. The van der Waals surface area contributed by atoms with Gasteiger partial charge in [-0.25, -0.2) is 0 Å². The van der Waals surface area contributed by atoms with Gasteiger partial charge in [-0.15, -0.1) is 0 Å². The topological polar surface area (TPSA) is 78.9 Å². The zero-order valence-electron chi connectivity index (χ0n) is 40.8. The largest absolute Gasteiger partial charge is 0.462 e. The number of ether oxygens (including phenoxy) is 3. The molecule has 0 aliphatic carbocycles. The fourth-order valence-corrected chi connectivity index (χ4v) is 6.73. The lowest BCUT2D eigenvalue weighted by atomic mass is 10.1. The van der Waals surface area contributed by atoms with Crippen LogP contribution in [0.15, 0.2) is 97.2 Å². The van der Waals surface area contributed by atoms with E-state index in [4.69, 9.17) is 14.2 Å². The van der Waals surface area contributed by atoms with E-state index in [0.29, 0.717) is 19.3 Å². The fraction of sp³-hybridized carbons (Fsp3) is 0.667. The molecule has 0 aliphatic heterocycles. The summed E-state index contributed by atoms with van der Waals surface area (Å²) in [5.41, 5.74) is 0. The second-order valence-electron chi connectivity index (χ2n) is 16.7. The van der Waals surface area contributed by atoms with E-state index in [0.717, 1.165) is 109 Å². The van der Waals surface area contributed by atoms with Gasteiger partial charge in [-0.2, -0.15) is 0 Å². The van der Waals surface area contributed by atoms with E-state index in [1.54, 1.807) is 0 Å². The third kappa shape index (κ3) is 49.2. The van der Waals surface area contributed by atoms with Gasteiger partial charge < -0.3 is 14.2 Å². The maximum atomic E-state index is 12.8. The molecule has 1 unspecified atom stereocenters. The van der Waals surface area contributed by atoms with Gasteiger partial charge in [0.05, 0.1) is 0 Å². The Morgan fingerprint density at radius 3 is 1.03 bits per heavy atom. The molecule has 0 aromatic rings. The number of carbonyl (C=O) groups is 3. The van der Waals surface area contributed by atoms with Crippen molar-refractivity contribution < 1.29 is 28.6 Å². The van der Waals surface area contributed by atoms with Gasteiger partial charge in [0.15, 0.2) is 6.10 Å². The Bertz CT molecular complexity index is 1280. The van der Waals surface area contributed by atoms with Crippen molar-refractivity contribution in [3.8, 4) is 0 Å². The molecule has 63 heavy (non-hydrogen) atoms. The molecule has 0 saturated carbocycles. The highest BCUT2D eigenvalue weighted by atomic mass is 16.6. The predicted octanol–water partition coefficient (Wildman–Crippen LogP) is 17.0. The molecular weight excluding hydrogens is 781 g/mol. The van der Waals surface area contributed by atoms with E-state index < -0.39 is 6.10 Å². The molecule has 6 heteroatoms. The number of rotatable bonds is 45. The van der Waals surface area contributed by atoms with Crippen molar-refractivity contribution in [2.24, 2.45) is 0 Å². The van der Waals surface area contributed by atoms with Crippen LogP contribution in [0.3, 0.4) is 0 Å². The van der Waals surface area contributed by atoms with Crippen LogP contribution in [0.25, 0.3) is 0 Å². The van der Waals surface area contributed by atoms with Crippen LogP contribution in [0.1, 0.15) is 226 Å². The summed E-state index contributed by atoms with van der Waals surface area (Å²) >= 11 is 0. The lowest BCUT2D eigenvalue weighted by Crippen LogP contribution is -2.30. The minimum absolute atomic E-state index is 0.108. The highest BCUT2D eigenvalue weighted by Crippen LogP contribution is 2.13. The molecule has 0 aromatic carbocycles. The molecule has 0 bridgehead atoms. The van der Waals surface area contributed by atoms with E-state index in [1.165, 1.54) is 77.0 Å². The summed E-state index contributed by atoms with van der Waals surface area (Å²) in [6.07, 6.45) is 66.9. The average molecular weight is 875 g/mol. The minimum atomic E-state index is -0.806. The predicted molar refractivity (Wildman–Crippen MR) is 270 cm³/mol. The standard InChI is InChI=1S/C57H94O6/c1-4-7-10-13-16-19-21-23-25-27-28-30-31-33-35-38-41-44-47-50-56(59)62-53-54(52-61-55(58)49-46-43-40-37-18-15-12-9-6-3)63-57(60)51-48-45-42-39-36-34-32-29-26-24-22-20-17-14-11-8-5-2/h7,9-10,12,16,18-19,23-26,28,30,33,35,37,54H,4-6,8,11,13-15,17,20-22,27,29,31-32,34,36,38-53H2,1-3H3/b10-7-,12-9-,19-16-,25-23-,26-24-,30-28-,35-33-,37-18-. The lowest BCUT2D eigenvalue weighted by Gasteiger charge is -2.18. The Morgan fingerprint density at radius 2 is 0.619 bits per heavy atom. The number of carbonyl (C=O) groups excluding carboxylic acids is 3. The summed E-state index contributed by atoms with van der Waals surface area (Å²) in [6.45, 7) is 6.32. The Hall–Kier alpha value is -3.67. The minimum Gasteiger partial charge on any atom is -0.462 e. The molecule has 0 radical (unpaired) electrons. The Morgan fingerprint density at radius 1 is 0.333 bits per heavy atom. The first-order valence-corrected chi connectivity index (χ1v) is 25.7. The second kappa shape index (κ2) is 51.0. The molecule has 0 heterocycles. The zero-order valence-corrected chi connectivity index (χ0v) is 40.8. The van der Waals surface area contributed by atoms with Gasteiger partial charge in [-0.05, 0) is 116 Å². The summed E-state index contributed by atoms with van der Waals surface area (Å²) in [6, 6.07) is 0. The number of allylic oxidation sites excluding steroid dienone is 16. The van der Waals surface area contributed by atoms with Crippen molar-refractivity contribution in [2.75, 3.05) is 13.2 Å². The SMILES string of the molecule is CC/C=C\C/C=C\C/C=C\C/C=C\C/C=C\CCCCCC(=O)OCC(COC(=O)CCCC/C=C\C/C=C\CC)OC(=O)CCCCCCCCC/C=C\CCCCCCCC. The molecule has 0 fully saturated rings. The second-order valence-corrected chi connectivity index (χ2v) is 16.7. The number of hydrogen-bond acceptors (Lipinski definition) is 6. The highest BCUT2D eigenvalue weighted by Gasteiger charge is 2.19. The maximum absolute atomic E-state index is 12.8. The molecule has 0 spiro atoms. The smallest absolute Gasteiger partial charge is 0.306 e. The monoisotopic (exact) mass is 875 g/mol. The van der Waals surface area contributed by atoms with Crippen LogP contribution in [0.4, 0.5) is 0 Å². The quantitative estimate of drug-likeness (QED) is 0.0262. The van der Waals surface area contributed by atoms with Crippen LogP contribution in [0, 0.1) is 0 Å². The van der Waals surface area contributed by atoms with E-state index in [1.807, 2.05) is 0 Å². The Labute approximate surface area is 387 Å². The van der Waals surface area contributed by atoms with Crippen molar-refractivity contribution in [1.82, 2.24) is 0 Å².